The van der Waals surface area contributed by atoms with Crippen molar-refractivity contribution in [2.24, 2.45) is 0 Å². The number of benzene rings is 1. The molecular weight excluding hydrogens is 245 g/mol. The summed E-state index contributed by atoms with van der Waals surface area (Å²) in [5.41, 5.74) is 5.20. The van der Waals surface area contributed by atoms with Crippen molar-refractivity contribution in [1.29, 1.82) is 0 Å². The number of alkyl halides is 3. The standard InChI is InChI=1S/C11H9F3N4/c12-11(13,14)7-1-3-8(4-2-7)17-10-16-6-5-9(15)18-10/h1-6H,(H3,15,16,17,18). The number of halogens is 3. The Morgan fingerprint density at radius 2 is 1.72 bits per heavy atom. The number of rotatable bonds is 2. The van der Waals surface area contributed by atoms with Gasteiger partial charge in [-0.3, -0.25) is 0 Å². The summed E-state index contributed by atoms with van der Waals surface area (Å²) in [5, 5.41) is 2.75. The number of nitrogens with two attached hydrogens (primary N) is 1. The zero-order chi connectivity index (χ0) is 13.2. The fraction of sp³-hybridized carbons (Fsp3) is 0.0909. The number of hydrogen-bond acceptors (Lipinski definition) is 4. The van der Waals surface area contributed by atoms with Crippen LogP contribution < -0.4 is 11.1 Å². The molecule has 0 amide bonds. The van der Waals surface area contributed by atoms with E-state index >= 15 is 0 Å². The van der Waals surface area contributed by atoms with E-state index in [1.165, 1.54) is 24.4 Å². The van der Waals surface area contributed by atoms with Crippen LogP contribution in [0.1, 0.15) is 5.56 Å². The molecule has 2 rings (SSSR count). The van der Waals surface area contributed by atoms with Crippen LogP contribution in [0.15, 0.2) is 36.5 Å². The Morgan fingerprint density at radius 3 is 2.28 bits per heavy atom. The van der Waals surface area contributed by atoms with E-state index in [9.17, 15) is 13.2 Å². The zero-order valence-electron chi connectivity index (χ0n) is 9.07. The third-order valence-electron chi connectivity index (χ3n) is 2.15. The first-order chi connectivity index (χ1) is 8.45. The molecule has 0 saturated heterocycles. The minimum absolute atomic E-state index is 0.231. The van der Waals surface area contributed by atoms with Gasteiger partial charge in [-0.1, -0.05) is 0 Å². The van der Waals surface area contributed by atoms with Crippen LogP contribution in [0.5, 0.6) is 0 Å². The fourth-order valence-electron chi connectivity index (χ4n) is 1.30. The molecular formula is C11H9F3N4. The summed E-state index contributed by atoms with van der Waals surface area (Å²) in [7, 11) is 0. The molecule has 0 aliphatic carbocycles. The van der Waals surface area contributed by atoms with Crippen LogP contribution >= 0.6 is 0 Å². The van der Waals surface area contributed by atoms with Crippen LogP contribution in [0.4, 0.5) is 30.6 Å². The first kappa shape index (κ1) is 12.2. The molecule has 0 spiro atoms. The number of nitrogens with one attached hydrogen (secondary N) is 1. The van der Waals surface area contributed by atoms with Gasteiger partial charge in [0.25, 0.3) is 0 Å². The first-order valence-electron chi connectivity index (χ1n) is 4.98. The molecule has 4 nitrogen and oxygen atoms in total. The van der Waals surface area contributed by atoms with E-state index in [4.69, 9.17) is 5.73 Å². The predicted octanol–water partition coefficient (Wildman–Crippen LogP) is 2.82. The van der Waals surface area contributed by atoms with Crippen molar-refractivity contribution in [1.82, 2.24) is 9.97 Å². The highest BCUT2D eigenvalue weighted by Gasteiger charge is 2.29. The van der Waals surface area contributed by atoms with E-state index in [2.05, 4.69) is 15.3 Å². The van der Waals surface area contributed by atoms with E-state index in [0.29, 0.717) is 5.69 Å². The Hall–Kier alpha value is -2.31. The molecule has 0 saturated carbocycles. The lowest BCUT2D eigenvalue weighted by Gasteiger charge is -2.08. The third kappa shape index (κ3) is 2.88. The van der Waals surface area contributed by atoms with Crippen molar-refractivity contribution in [2.75, 3.05) is 11.1 Å². The maximum absolute atomic E-state index is 12.3. The van der Waals surface area contributed by atoms with Crippen LogP contribution in [0, 0.1) is 0 Å². The summed E-state index contributed by atoms with van der Waals surface area (Å²) in [4.78, 5) is 7.75. The van der Waals surface area contributed by atoms with Crippen molar-refractivity contribution in [2.45, 2.75) is 6.18 Å². The van der Waals surface area contributed by atoms with E-state index in [1.807, 2.05) is 0 Å². The quantitative estimate of drug-likeness (QED) is 0.864. The summed E-state index contributed by atoms with van der Waals surface area (Å²) in [6.45, 7) is 0. The number of nitrogens with zero attached hydrogens (tertiary/aromatic N) is 2. The third-order valence-corrected chi connectivity index (χ3v) is 2.15. The molecule has 0 bridgehead atoms. The van der Waals surface area contributed by atoms with E-state index in [1.54, 1.807) is 0 Å². The largest absolute Gasteiger partial charge is 0.416 e. The molecule has 1 aromatic carbocycles. The van der Waals surface area contributed by atoms with Gasteiger partial charge in [-0.2, -0.15) is 18.2 Å². The fourth-order valence-corrected chi connectivity index (χ4v) is 1.30. The molecule has 3 N–H and O–H groups in total. The molecule has 1 heterocycles. The van der Waals surface area contributed by atoms with Gasteiger partial charge in [0.1, 0.15) is 5.82 Å². The lowest BCUT2D eigenvalue weighted by molar-refractivity contribution is -0.137. The second kappa shape index (κ2) is 4.52. The summed E-state index contributed by atoms with van der Waals surface area (Å²) < 4.78 is 37.0. The smallest absolute Gasteiger partial charge is 0.384 e. The van der Waals surface area contributed by atoms with E-state index in [0.717, 1.165) is 12.1 Å². The first-order valence-corrected chi connectivity index (χ1v) is 4.98. The number of aromatic nitrogens is 2. The van der Waals surface area contributed by atoms with Gasteiger partial charge in [0.15, 0.2) is 0 Å². The molecule has 1 aromatic heterocycles. The van der Waals surface area contributed by atoms with Crippen LogP contribution in [0.2, 0.25) is 0 Å². The highest BCUT2D eigenvalue weighted by Crippen LogP contribution is 2.30. The van der Waals surface area contributed by atoms with E-state index < -0.39 is 11.7 Å². The molecule has 0 fully saturated rings. The maximum Gasteiger partial charge on any atom is 0.416 e. The molecule has 0 radical (unpaired) electrons. The molecule has 0 unspecified atom stereocenters. The summed E-state index contributed by atoms with van der Waals surface area (Å²) in [5.74, 6) is 0.508. The topological polar surface area (TPSA) is 63.8 Å². The van der Waals surface area contributed by atoms with Crippen molar-refractivity contribution >= 4 is 17.5 Å². The van der Waals surface area contributed by atoms with Crippen LogP contribution in [-0.2, 0) is 6.18 Å². The molecule has 0 aliphatic heterocycles. The minimum atomic E-state index is -4.34. The van der Waals surface area contributed by atoms with Crippen molar-refractivity contribution in [3.8, 4) is 0 Å². The van der Waals surface area contributed by atoms with Gasteiger partial charge in [-0.05, 0) is 30.3 Å². The number of anilines is 3. The van der Waals surface area contributed by atoms with Gasteiger partial charge in [-0.15, -0.1) is 0 Å². The number of hydrogen-bond donors (Lipinski definition) is 2. The van der Waals surface area contributed by atoms with Gasteiger partial charge in [0.05, 0.1) is 5.56 Å². The summed E-state index contributed by atoms with van der Waals surface area (Å²) >= 11 is 0. The Balaban J connectivity index is 2.16. The Bertz CT molecular complexity index is 537. The lowest BCUT2D eigenvalue weighted by Crippen LogP contribution is -2.05. The Morgan fingerprint density at radius 1 is 1.06 bits per heavy atom. The number of nitrogen functional groups attached to an aromatic ring is 1. The lowest BCUT2D eigenvalue weighted by atomic mass is 10.2. The predicted molar refractivity (Wildman–Crippen MR) is 61.2 cm³/mol. The second-order valence-corrected chi connectivity index (χ2v) is 3.51. The maximum atomic E-state index is 12.3. The Kier molecular flexibility index (Phi) is 3.05. The van der Waals surface area contributed by atoms with Gasteiger partial charge < -0.3 is 11.1 Å². The van der Waals surface area contributed by atoms with Gasteiger partial charge in [0, 0.05) is 11.9 Å². The SMILES string of the molecule is Nc1ccnc(Nc2ccc(C(F)(F)F)cc2)n1. The van der Waals surface area contributed by atoms with Gasteiger partial charge >= 0.3 is 6.18 Å². The average Bonchev–Trinajstić information content (AvgIpc) is 2.28. The molecule has 0 aliphatic rings. The zero-order valence-corrected chi connectivity index (χ0v) is 9.07. The van der Waals surface area contributed by atoms with Gasteiger partial charge in [0.2, 0.25) is 5.95 Å². The van der Waals surface area contributed by atoms with E-state index in [-0.39, 0.29) is 11.8 Å². The highest BCUT2D eigenvalue weighted by atomic mass is 19.4. The molecule has 0 atom stereocenters. The molecule has 2 aromatic rings. The van der Waals surface area contributed by atoms with Crippen molar-refractivity contribution < 1.29 is 13.2 Å². The van der Waals surface area contributed by atoms with Gasteiger partial charge in [-0.25, -0.2) is 4.98 Å². The summed E-state index contributed by atoms with van der Waals surface area (Å²) in [6, 6.07) is 6.08. The van der Waals surface area contributed by atoms with Crippen LogP contribution in [0.25, 0.3) is 0 Å². The molecule has 7 heteroatoms. The monoisotopic (exact) mass is 254 g/mol. The van der Waals surface area contributed by atoms with Crippen LogP contribution in [-0.4, -0.2) is 9.97 Å². The highest BCUT2D eigenvalue weighted by molar-refractivity contribution is 5.54. The normalized spacial score (nSPS) is 11.3. The average molecular weight is 254 g/mol. The molecule has 18 heavy (non-hydrogen) atoms. The van der Waals surface area contributed by atoms with Crippen molar-refractivity contribution in [3.05, 3.63) is 42.1 Å². The Labute approximate surface area is 101 Å². The summed E-state index contributed by atoms with van der Waals surface area (Å²) in [6.07, 6.45) is -2.89. The van der Waals surface area contributed by atoms with Crippen molar-refractivity contribution in [3.63, 3.8) is 0 Å². The molecule has 94 valence electrons. The second-order valence-electron chi connectivity index (χ2n) is 3.51. The minimum Gasteiger partial charge on any atom is -0.384 e. The van der Waals surface area contributed by atoms with Crippen LogP contribution in [0.3, 0.4) is 0 Å².